The summed E-state index contributed by atoms with van der Waals surface area (Å²) in [5.41, 5.74) is 2.45. The first kappa shape index (κ1) is 18.4. The molecule has 0 bridgehead atoms. The second kappa shape index (κ2) is 7.97. The number of anilines is 1. The van der Waals surface area contributed by atoms with Crippen molar-refractivity contribution in [1.29, 1.82) is 0 Å². The van der Waals surface area contributed by atoms with Crippen LogP contribution in [-0.2, 0) is 6.54 Å². The van der Waals surface area contributed by atoms with Crippen LogP contribution >= 0.6 is 0 Å². The number of hydrogen-bond donors (Lipinski definition) is 1. The van der Waals surface area contributed by atoms with E-state index in [4.69, 9.17) is 14.0 Å². The van der Waals surface area contributed by atoms with Crippen LogP contribution < -0.4 is 14.8 Å². The predicted octanol–water partition coefficient (Wildman–Crippen LogP) is 2.65. The number of benzene rings is 2. The minimum Gasteiger partial charge on any atom is -0.497 e. The van der Waals surface area contributed by atoms with Crippen LogP contribution in [0.1, 0.15) is 11.7 Å². The second-order valence-corrected chi connectivity index (χ2v) is 6.12. The molecule has 2 aromatic heterocycles. The fourth-order valence-electron chi connectivity index (χ4n) is 2.81. The highest BCUT2D eigenvalue weighted by molar-refractivity contribution is 5.65. The van der Waals surface area contributed by atoms with Crippen molar-refractivity contribution in [3.05, 3.63) is 54.2 Å². The molecule has 2 heterocycles. The highest BCUT2D eigenvalue weighted by atomic mass is 16.5. The maximum Gasteiger partial charge on any atom is 0.246 e. The van der Waals surface area contributed by atoms with E-state index in [2.05, 4.69) is 31.0 Å². The third kappa shape index (κ3) is 3.86. The van der Waals surface area contributed by atoms with Gasteiger partial charge in [-0.2, -0.15) is 9.67 Å². The summed E-state index contributed by atoms with van der Waals surface area (Å²) in [6.07, 6.45) is 0. The van der Waals surface area contributed by atoms with E-state index >= 15 is 0 Å². The summed E-state index contributed by atoms with van der Waals surface area (Å²) in [5, 5.41) is 18.9. The van der Waals surface area contributed by atoms with E-state index in [1.807, 2.05) is 43.3 Å². The van der Waals surface area contributed by atoms with Crippen molar-refractivity contribution in [2.24, 2.45) is 0 Å². The number of tetrazole rings is 1. The Morgan fingerprint density at radius 1 is 1.10 bits per heavy atom. The summed E-state index contributed by atoms with van der Waals surface area (Å²) in [5.74, 6) is 2.89. The Balaban J connectivity index is 1.49. The Kier molecular flexibility index (Phi) is 5.06. The Morgan fingerprint density at radius 3 is 2.76 bits per heavy atom. The first-order valence-electron chi connectivity index (χ1n) is 8.82. The van der Waals surface area contributed by atoms with Gasteiger partial charge < -0.3 is 19.3 Å². The number of ether oxygens (including phenoxy) is 2. The van der Waals surface area contributed by atoms with Crippen molar-refractivity contribution < 1.29 is 14.0 Å². The monoisotopic (exact) mass is 393 g/mol. The Labute approximate surface area is 166 Å². The van der Waals surface area contributed by atoms with Crippen LogP contribution in [-0.4, -0.2) is 44.6 Å². The van der Waals surface area contributed by atoms with Gasteiger partial charge in [0.25, 0.3) is 0 Å². The van der Waals surface area contributed by atoms with Crippen LogP contribution in [0.15, 0.2) is 47.0 Å². The molecule has 0 aliphatic rings. The molecule has 10 heteroatoms. The van der Waals surface area contributed by atoms with Crippen LogP contribution in [0, 0.1) is 6.92 Å². The van der Waals surface area contributed by atoms with Gasteiger partial charge in [-0.15, -0.1) is 5.10 Å². The molecule has 29 heavy (non-hydrogen) atoms. The van der Waals surface area contributed by atoms with E-state index < -0.39 is 0 Å². The average molecular weight is 393 g/mol. The van der Waals surface area contributed by atoms with Gasteiger partial charge in [0.1, 0.15) is 11.5 Å². The first-order valence-corrected chi connectivity index (χ1v) is 8.82. The molecule has 0 spiro atoms. The van der Waals surface area contributed by atoms with Gasteiger partial charge >= 0.3 is 0 Å². The number of nitrogens with zero attached hydrogens (tertiary/aromatic N) is 6. The molecule has 0 fully saturated rings. The van der Waals surface area contributed by atoms with E-state index in [1.165, 1.54) is 0 Å². The number of nitrogens with one attached hydrogen (secondary N) is 1. The van der Waals surface area contributed by atoms with Crippen molar-refractivity contribution in [3.8, 4) is 28.6 Å². The normalized spacial score (nSPS) is 10.7. The third-order valence-electron chi connectivity index (χ3n) is 4.28. The van der Waals surface area contributed by atoms with Gasteiger partial charge in [-0.3, -0.25) is 0 Å². The van der Waals surface area contributed by atoms with Gasteiger partial charge in [0, 0.05) is 11.8 Å². The van der Waals surface area contributed by atoms with Crippen LogP contribution in [0.2, 0.25) is 0 Å². The molecule has 0 saturated carbocycles. The largest absolute Gasteiger partial charge is 0.497 e. The third-order valence-corrected chi connectivity index (χ3v) is 4.28. The van der Waals surface area contributed by atoms with E-state index in [1.54, 1.807) is 25.0 Å². The lowest BCUT2D eigenvalue weighted by molar-refractivity contribution is 0.382. The van der Waals surface area contributed by atoms with Gasteiger partial charge in [-0.1, -0.05) is 11.2 Å². The summed E-state index contributed by atoms with van der Waals surface area (Å²) in [6.45, 7) is 2.21. The maximum absolute atomic E-state index is 5.40. The summed E-state index contributed by atoms with van der Waals surface area (Å²) < 4.78 is 17.6. The summed E-state index contributed by atoms with van der Waals surface area (Å²) in [6, 6.07) is 13.1. The first-order chi connectivity index (χ1) is 14.2. The van der Waals surface area contributed by atoms with Crippen LogP contribution in [0.3, 0.4) is 0 Å². The highest BCUT2D eigenvalue weighted by Gasteiger charge is 2.14. The highest BCUT2D eigenvalue weighted by Crippen LogP contribution is 2.31. The number of rotatable bonds is 7. The topological polar surface area (TPSA) is 113 Å². The molecule has 0 amide bonds. The molecule has 0 radical (unpaired) electrons. The minimum atomic E-state index is 0.365. The Bertz CT molecular complexity index is 1120. The molecular weight excluding hydrogens is 374 g/mol. The van der Waals surface area contributed by atoms with Gasteiger partial charge in [0.15, 0.2) is 5.82 Å². The van der Waals surface area contributed by atoms with Gasteiger partial charge in [0.05, 0.1) is 32.0 Å². The average Bonchev–Trinajstić information content (AvgIpc) is 3.41. The van der Waals surface area contributed by atoms with E-state index in [-0.39, 0.29) is 0 Å². The van der Waals surface area contributed by atoms with Crippen LogP contribution in [0.25, 0.3) is 17.1 Å². The zero-order valence-electron chi connectivity index (χ0n) is 16.2. The van der Waals surface area contributed by atoms with Crippen molar-refractivity contribution in [1.82, 2.24) is 30.3 Å². The zero-order chi connectivity index (χ0) is 20.2. The summed E-state index contributed by atoms with van der Waals surface area (Å²) >= 11 is 0. The van der Waals surface area contributed by atoms with E-state index in [0.717, 1.165) is 16.9 Å². The van der Waals surface area contributed by atoms with E-state index in [0.29, 0.717) is 35.6 Å². The molecule has 0 unspecified atom stereocenters. The second-order valence-electron chi connectivity index (χ2n) is 6.12. The summed E-state index contributed by atoms with van der Waals surface area (Å²) in [7, 11) is 3.18. The fraction of sp³-hybridized carbons (Fsp3) is 0.211. The smallest absolute Gasteiger partial charge is 0.246 e. The van der Waals surface area contributed by atoms with Gasteiger partial charge in [-0.05, 0) is 47.7 Å². The number of aryl methyl sites for hydroxylation is 1. The number of methoxy groups -OCH3 is 2. The lowest BCUT2D eigenvalue weighted by Gasteiger charge is -2.07. The molecule has 0 aliphatic heterocycles. The molecule has 0 atom stereocenters. The lowest BCUT2D eigenvalue weighted by atomic mass is 10.2. The van der Waals surface area contributed by atoms with Gasteiger partial charge in [-0.25, -0.2) is 0 Å². The molecule has 10 nitrogen and oxygen atoms in total. The van der Waals surface area contributed by atoms with Gasteiger partial charge in [0.2, 0.25) is 11.7 Å². The Hall–Kier alpha value is -3.95. The number of hydrogen-bond acceptors (Lipinski definition) is 9. The van der Waals surface area contributed by atoms with Crippen molar-refractivity contribution in [2.75, 3.05) is 19.5 Å². The molecular formula is C19H19N7O3. The van der Waals surface area contributed by atoms with Crippen molar-refractivity contribution in [3.63, 3.8) is 0 Å². The quantitative estimate of drug-likeness (QED) is 0.506. The van der Waals surface area contributed by atoms with E-state index in [9.17, 15) is 0 Å². The molecule has 1 N–H and O–H groups in total. The SMILES string of the molecule is COc1ccc(-c2noc(CNc3cccc(-n4nnnc4C)c3)n2)c(OC)c1. The molecule has 4 aromatic rings. The molecule has 0 saturated heterocycles. The molecule has 148 valence electrons. The standard InChI is InChI=1S/C19H19N7O3/c1-12-22-24-25-26(12)14-6-4-5-13(9-14)20-11-18-21-19(23-29-18)16-8-7-15(27-2)10-17(16)28-3/h4-10,20H,11H2,1-3H3. The molecule has 0 aliphatic carbocycles. The maximum atomic E-state index is 5.40. The van der Waals surface area contributed by atoms with Crippen molar-refractivity contribution >= 4 is 5.69 Å². The predicted molar refractivity (Wildman–Crippen MR) is 104 cm³/mol. The molecule has 2 aromatic carbocycles. The van der Waals surface area contributed by atoms with Crippen molar-refractivity contribution in [2.45, 2.75) is 13.5 Å². The number of aromatic nitrogens is 6. The summed E-state index contributed by atoms with van der Waals surface area (Å²) in [4.78, 5) is 4.45. The van der Waals surface area contributed by atoms with Crippen LogP contribution in [0.4, 0.5) is 5.69 Å². The fourth-order valence-corrected chi connectivity index (χ4v) is 2.81. The minimum absolute atomic E-state index is 0.365. The zero-order valence-corrected chi connectivity index (χ0v) is 16.2. The van der Waals surface area contributed by atoms with Crippen LogP contribution in [0.5, 0.6) is 11.5 Å². The lowest BCUT2D eigenvalue weighted by Crippen LogP contribution is -2.03. The molecule has 4 rings (SSSR count). The Morgan fingerprint density at radius 2 is 2.00 bits per heavy atom.